The lowest BCUT2D eigenvalue weighted by atomic mass is 9.73. The van der Waals surface area contributed by atoms with Crippen LogP contribution in [0.1, 0.15) is 75.7 Å². The van der Waals surface area contributed by atoms with Gasteiger partial charge in [0.2, 0.25) is 6.23 Å². The molecule has 34 heavy (non-hydrogen) atoms. The topological polar surface area (TPSA) is 102 Å². The molecule has 182 valence electrons. The van der Waals surface area contributed by atoms with E-state index in [1.165, 1.54) is 30.6 Å². The fraction of sp³-hybridized carbons (Fsp3) is 0.600. The van der Waals surface area contributed by atoms with Crippen LogP contribution in [0, 0.1) is 12.3 Å². The van der Waals surface area contributed by atoms with Gasteiger partial charge in [0.15, 0.2) is 0 Å². The Balaban J connectivity index is 1.46. The largest absolute Gasteiger partial charge is 0.436 e. The summed E-state index contributed by atoms with van der Waals surface area (Å²) < 4.78 is 10.8. The predicted molar refractivity (Wildman–Crippen MR) is 127 cm³/mol. The molecular weight excluding hydrogens is 454 g/mol. The van der Waals surface area contributed by atoms with Gasteiger partial charge in [0.1, 0.15) is 10.7 Å². The highest BCUT2D eigenvalue weighted by molar-refractivity contribution is 7.18. The average Bonchev–Trinajstić information content (AvgIpc) is 3.17. The van der Waals surface area contributed by atoms with Gasteiger partial charge in [-0.25, -0.2) is 24.5 Å². The Morgan fingerprint density at radius 1 is 1.12 bits per heavy atom. The minimum atomic E-state index is -1.96. The second kappa shape index (κ2) is 7.83. The highest BCUT2D eigenvalue weighted by atomic mass is 32.1. The number of likely N-dealkylation sites (tertiary alicyclic amines) is 1. The third-order valence-corrected chi connectivity index (χ3v) is 8.91. The lowest BCUT2D eigenvalue weighted by Gasteiger charge is -2.62. The summed E-state index contributed by atoms with van der Waals surface area (Å²) in [5.74, 6) is -2.25. The zero-order valence-electron chi connectivity index (χ0n) is 20.3. The van der Waals surface area contributed by atoms with Gasteiger partial charge in [-0.2, -0.15) is 0 Å². The first-order chi connectivity index (χ1) is 15.9. The smallest absolute Gasteiger partial charge is 0.333 e. The number of nitrogens with zero attached hydrogens (tertiary/aromatic N) is 3. The molecule has 3 aliphatic rings. The summed E-state index contributed by atoms with van der Waals surface area (Å²) >= 11 is 1.73. The Morgan fingerprint density at radius 3 is 2.50 bits per heavy atom. The van der Waals surface area contributed by atoms with Crippen molar-refractivity contribution in [2.75, 3.05) is 0 Å². The highest BCUT2D eigenvalue weighted by Crippen LogP contribution is 2.49. The minimum absolute atomic E-state index is 0.308. The van der Waals surface area contributed by atoms with E-state index in [4.69, 9.17) is 14.5 Å². The normalized spacial score (nSPS) is 30.0. The van der Waals surface area contributed by atoms with E-state index in [-0.39, 0.29) is 0 Å². The lowest BCUT2D eigenvalue weighted by molar-refractivity contribution is -0.407. The maximum atomic E-state index is 12.1. The molecule has 0 bridgehead atoms. The fourth-order valence-electron chi connectivity index (χ4n) is 5.30. The van der Waals surface area contributed by atoms with E-state index >= 15 is 0 Å². The molecule has 1 saturated heterocycles. The number of carbonyl (C=O) groups excluding carboxylic acids is 2. The molecule has 0 aromatic carbocycles. The number of aryl methyl sites for hydroxylation is 1. The van der Waals surface area contributed by atoms with Crippen molar-refractivity contribution in [3.8, 4) is 0 Å². The maximum Gasteiger partial charge on any atom is 0.333 e. The number of esters is 2. The number of aromatic nitrogens is 2. The van der Waals surface area contributed by atoms with Gasteiger partial charge in [0.05, 0.1) is 11.2 Å². The van der Waals surface area contributed by atoms with E-state index < -0.39 is 29.5 Å². The quantitative estimate of drug-likeness (QED) is 0.652. The van der Waals surface area contributed by atoms with Crippen molar-refractivity contribution in [2.45, 2.75) is 90.3 Å². The summed E-state index contributed by atoms with van der Waals surface area (Å²) in [5, 5.41) is 12.1. The molecule has 9 heteroatoms. The van der Waals surface area contributed by atoms with E-state index in [0.29, 0.717) is 23.7 Å². The zero-order valence-corrected chi connectivity index (χ0v) is 21.1. The second-order valence-electron chi connectivity index (χ2n) is 11.0. The molecule has 2 fully saturated rings. The van der Waals surface area contributed by atoms with E-state index in [0.717, 1.165) is 28.1 Å². The molecule has 0 spiro atoms. The van der Waals surface area contributed by atoms with Gasteiger partial charge in [-0.05, 0) is 63.9 Å². The van der Waals surface area contributed by atoms with Gasteiger partial charge in [-0.1, -0.05) is 13.8 Å². The summed E-state index contributed by atoms with van der Waals surface area (Å²) in [6.07, 6.45) is 5.61. The van der Waals surface area contributed by atoms with E-state index in [9.17, 15) is 14.7 Å². The van der Waals surface area contributed by atoms with Crippen LogP contribution >= 0.6 is 11.3 Å². The van der Waals surface area contributed by atoms with Crippen LogP contribution in [0.4, 0.5) is 0 Å². The van der Waals surface area contributed by atoms with Gasteiger partial charge in [-0.3, -0.25) is 0 Å². The van der Waals surface area contributed by atoms with E-state index in [1.807, 2.05) is 6.92 Å². The highest BCUT2D eigenvalue weighted by Gasteiger charge is 2.71. The monoisotopic (exact) mass is 485 g/mol. The average molecular weight is 486 g/mol. The Bertz CT molecular complexity index is 1190. The molecule has 5 rings (SSSR count). The predicted octanol–water partition coefficient (Wildman–Crippen LogP) is 3.95. The Morgan fingerprint density at radius 2 is 1.79 bits per heavy atom. The first-order valence-corrected chi connectivity index (χ1v) is 12.6. The van der Waals surface area contributed by atoms with Crippen LogP contribution in [0.15, 0.2) is 18.2 Å². The van der Waals surface area contributed by atoms with Crippen LogP contribution in [-0.2, 0) is 25.6 Å². The van der Waals surface area contributed by atoms with E-state index in [2.05, 4.69) is 24.9 Å². The van der Waals surface area contributed by atoms with Gasteiger partial charge in [0.25, 0.3) is 5.79 Å². The molecule has 4 heterocycles. The van der Waals surface area contributed by atoms with Gasteiger partial charge >= 0.3 is 11.9 Å². The SMILES string of the molecule is Cc1nc(CN2C3OC(=O)/C=C/C(=O)OC3(O)C2(C)C)c2cc(C3CCC(C)(C)CC3)sc2n1. The van der Waals surface area contributed by atoms with Crippen LogP contribution in [0.25, 0.3) is 10.2 Å². The van der Waals surface area contributed by atoms with Gasteiger partial charge in [-0.15, -0.1) is 11.3 Å². The second-order valence-corrected chi connectivity index (χ2v) is 12.0. The van der Waals surface area contributed by atoms with Crippen molar-refractivity contribution >= 4 is 33.5 Å². The molecule has 1 saturated carbocycles. The number of carbonyl (C=O) groups is 2. The number of aliphatic hydroxyl groups is 1. The zero-order chi connectivity index (χ0) is 24.5. The van der Waals surface area contributed by atoms with Crippen LogP contribution in [0.2, 0.25) is 0 Å². The van der Waals surface area contributed by atoms with Crippen LogP contribution in [-0.4, -0.2) is 49.5 Å². The number of hydrogen-bond acceptors (Lipinski definition) is 9. The molecule has 0 amide bonds. The van der Waals surface area contributed by atoms with Crippen LogP contribution < -0.4 is 0 Å². The summed E-state index contributed by atoms with van der Waals surface area (Å²) in [6.45, 7) is 10.4. The molecule has 2 aromatic heterocycles. The van der Waals surface area contributed by atoms with Crippen LogP contribution in [0.3, 0.4) is 0 Å². The van der Waals surface area contributed by atoms with Crippen molar-refractivity contribution in [1.29, 1.82) is 0 Å². The van der Waals surface area contributed by atoms with Crippen LogP contribution in [0.5, 0.6) is 0 Å². The number of ether oxygens (including phenoxy) is 2. The molecule has 2 atom stereocenters. The first-order valence-electron chi connectivity index (χ1n) is 11.8. The molecule has 1 aliphatic carbocycles. The molecule has 1 N–H and O–H groups in total. The molecule has 2 aromatic rings. The molecule has 2 unspecified atom stereocenters. The third kappa shape index (κ3) is 3.74. The first kappa shape index (κ1) is 23.4. The third-order valence-electron chi connectivity index (χ3n) is 7.72. The molecule has 2 aliphatic heterocycles. The lowest BCUT2D eigenvalue weighted by Crippen LogP contribution is -2.84. The van der Waals surface area contributed by atoms with Crippen molar-refractivity contribution in [2.24, 2.45) is 5.41 Å². The summed E-state index contributed by atoms with van der Waals surface area (Å²) in [7, 11) is 0. The Hall–Kier alpha value is -2.36. The summed E-state index contributed by atoms with van der Waals surface area (Å²) in [5.41, 5.74) is 0.205. The van der Waals surface area contributed by atoms with Crippen molar-refractivity contribution in [3.63, 3.8) is 0 Å². The molecule has 0 radical (unpaired) electrons. The number of fused-ring (bicyclic) bond motifs is 2. The number of thiophene rings is 1. The number of hydrogen-bond donors (Lipinski definition) is 1. The standard InChI is InChI=1S/C25H31N3O5S/c1-14-26-17(16-12-18(34-21(16)27-14)15-8-10-23(2,3)11-9-15)13-28-22-25(31,24(28,4)5)33-20(30)7-6-19(29)32-22/h6-7,12,15,22,31H,8-11,13H2,1-5H3/b7-6+. The molecular formula is C25H31N3O5S. The molecule has 8 nitrogen and oxygen atoms in total. The summed E-state index contributed by atoms with van der Waals surface area (Å²) in [6, 6.07) is 2.21. The van der Waals surface area contributed by atoms with Crippen molar-refractivity contribution < 1.29 is 24.2 Å². The maximum absolute atomic E-state index is 12.1. The van der Waals surface area contributed by atoms with Gasteiger partial charge < -0.3 is 14.6 Å². The Labute approximate surface area is 203 Å². The number of rotatable bonds is 3. The summed E-state index contributed by atoms with van der Waals surface area (Å²) in [4.78, 5) is 37.7. The Kier molecular flexibility index (Phi) is 5.38. The van der Waals surface area contributed by atoms with Crippen molar-refractivity contribution in [1.82, 2.24) is 14.9 Å². The minimum Gasteiger partial charge on any atom is -0.436 e. The fourth-order valence-corrected chi connectivity index (χ4v) is 6.57. The van der Waals surface area contributed by atoms with Gasteiger partial charge in [0, 0.05) is 29.0 Å². The van der Waals surface area contributed by atoms with E-state index in [1.54, 1.807) is 30.1 Å². The van der Waals surface area contributed by atoms with Crippen molar-refractivity contribution in [3.05, 3.63) is 34.6 Å².